The van der Waals surface area contributed by atoms with Crippen LogP contribution < -0.4 is 5.63 Å². The van der Waals surface area contributed by atoms with Gasteiger partial charge in [0.25, 0.3) is 0 Å². The Morgan fingerprint density at radius 2 is 2.10 bits per heavy atom. The summed E-state index contributed by atoms with van der Waals surface area (Å²) in [6.45, 7) is 0. The molecule has 1 unspecified atom stereocenters. The molecule has 0 saturated carbocycles. The van der Waals surface area contributed by atoms with Crippen molar-refractivity contribution in [3.8, 4) is 5.75 Å². The third-order valence-corrected chi connectivity index (χ3v) is 5.19. The van der Waals surface area contributed by atoms with Gasteiger partial charge in [-0.15, -0.1) is 0 Å². The number of hydrogen-bond acceptors (Lipinski definition) is 6. The van der Waals surface area contributed by atoms with E-state index in [1.807, 2.05) is 0 Å². The molecule has 6 nitrogen and oxygen atoms in total. The van der Waals surface area contributed by atoms with Crippen LogP contribution in [-0.2, 0) is 9.84 Å². The number of benzene rings is 1. The summed E-state index contributed by atoms with van der Waals surface area (Å²) in [7, 11) is -3.03. The zero-order valence-corrected chi connectivity index (χ0v) is 11.8. The van der Waals surface area contributed by atoms with E-state index in [4.69, 9.17) is 4.42 Å². The van der Waals surface area contributed by atoms with Gasteiger partial charge in [-0.05, 0) is 18.6 Å². The number of nitrogens with zero attached hydrogens (tertiary/aromatic N) is 1. The second-order valence-electron chi connectivity index (χ2n) is 4.98. The van der Waals surface area contributed by atoms with Gasteiger partial charge in [-0.25, -0.2) is 13.2 Å². The second-order valence-corrected chi connectivity index (χ2v) is 7.21. The van der Waals surface area contributed by atoms with Gasteiger partial charge in [0.15, 0.2) is 9.84 Å². The summed E-state index contributed by atoms with van der Waals surface area (Å²) in [6.07, 6.45) is 1.64. The summed E-state index contributed by atoms with van der Waals surface area (Å²) in [5.41, 5.74) is -0.464. The third-order valence-electron chi connectivity index (χ3n) is 3.44. The molecule has 0 amide bonds. The van der Waals surface area contributed by atoms with E-state index in [0.717, 1.165) is 0 Å². The predicted octanol–water partition coefficient (Wildman–Crippen LogP) is 1.10. The Hall–Kier alpha value is -2.15. The summed E-state index contributed by atoms with van der Waals surface area (Å²) in [5, 5.41) is 10.6. The molecule has 21 heavy (non-hydrogen) atoms. The lowest BCUT2D eigenvalue weighted by Gasteiger charge is -2.03. The van der Waals surface area contributed by atoms with Gasteiger partial charge in [-0.1, -0.05) is 12.1 Å². The Kier molecular flexibility index (Phi) is 3.29. The molecule has 1 aromatic heterocycles. The minimum atomic E-state index is -3.03. The van der Waals surface area contributed by atoms with Crippen molar-refractivity contribution < 1.29 is 17.9 Å². The molecule has 3 rings (SSSR count). The fourth-order valence-corrected chi connectivity index (χ4v) is 3.97. The van der Waals surface area contributed by atoms with E-state index in [-0.39, 0.29) is 28.9 Å². The largest absolute Gasteiger partial charge is 0.506 e. The summed E-state index contributed by atoms with van der Waals surface area (Å²) >= 11 is 0. The average molecular weight is 307 g/mol. The highest BCUT2D eigenvalue weighted by Crippen LogP contribution is 2.25. The lowest BCUT2D eigenvalue weighted by molar-refractivity contribution is 0.466. The summed E-state index contributed by atoms with van der Waals surface area (Å²) in [4.78, 5) is 15.9. The van der Waals surface area contributed by atoms with E-state index in [1.165, 1.54) is 6.21 Å². The lowest BCUT2D eigenvalue weighted by atomic mass is 10.1. The highest BCUT2D eigenvalue weighted by Gasteiger charge is 2.27. The Labute approximate surface area is 120 Å². The summed E-state index contributed by atoms with van der Waals surface area (Å²) < 4.78 is 27.8. The maximum atomic E-state index is 11.9. The van der Waals surface area contributed by atoms with Gasteiger partial charge < -0.3 is 9.52 Å². The van der Waals surface area contributed by atoms with Gasteiger partial charge in [-0.2, -0.15) is 0 Å². The Balaban J connectivity index is 1.99. The molecule has 2 aromatic rings. The van der Waals surface area contributed by atoms with E-state index in [9.17, 15) is 18.3 Å². The van der Waals surface area contributed by atoms with Crippen LogP contribution in [0.2, 0.25) is 0 Å². The van der Waals surface area contributed by atoms with Crippen LogP contribution in [0.3, 0.4) is 0 Å². The molecule has 1 N–H and O–H groups in total. The average Bonchev–Trinajstić information content (AvgIpc) is 2.78. The molecule has 110 valence electrons. The minimum Gasteiger partial charge on any atom is -0.506 e. The third kappa shape index (κ3) is 2.69. The number of para-hydroxylation sites is 1. The fourth-order valence-electron chi connectivity index (χ4n) is 2.33. The van der Waals surface area contributed by atoms with Crippen LogP contribution in [0, 0.1) is 0 Å². The molecule has 0 spiro atoms. The van der Waals surface area contributed by atoms with Crippen LogP contribution >= 0.6 is 0 Å². The molecule has 0 aliphatic carbocycles. The molecule has 2 heterocycles. The maximum Gasteiger partial charge on any atom is 0.348 e. The van der Waals surface area contributed by atoms with Crippen LogP contribution in [0.5, 0.6) is 5.75 Å². The van der Waals surface area contributed by atoms with Crippen LogP contribution in [-0.4, -0.2) is 37.3 Å². The topological polar surface area (TPSA) is 96.9 Å². The molecule has 1 aliphatic heterocycles. The van der Waals surface area contributed by atoms with Gasteiger partial charge in [0.1, 0.15) is 16.9 Å². The van der Waals surface area contributed by atoms with Gasteiger partial charge >= 0.3 is 5.63 Å². The number of aromatic hydroxyl groups is 1. The van der Waals surface area contributed by atoms with Crippen molar-refractivity contribution in [3.63, 3.8) is 0 Å². The highest BCUT2D eigenvalue weighted by molar-refractivity contribution is 7.91. The van der Waals surface area contributed by atoms with E-state index < -0.39 is 15.5 Å². The van der Waals surface area contributed by atoms with Gasteiger partial charge in [-0.3, -0.25) is 4.99 Å². The SMILES string of the molecule is O=c1oc2ccccc2c(O)c1C=NC1CCS(=O)(=O)C1. The molecule has 1 aromatic carbocycles. The first-order chi connectivity index (χ1) is 9.96. The van der Waals surface area contributed by atoms with Crippen molar-refractivity contribution >= 4 is 27.0 Å². The number of hydrogen-bond donors (Lipinski definition) is 1. The van der Waals surface area contributed by atoms with Crippen LogP contribution in [0.25, 0.3) is 11.0 Å². The standard InChI is InChI=1S/C14H13NO5S/c16-13-10-3-1-2-4-12(10)20-14(17)11(13)7-15-9-5-6-21(18,19)8-9/h1-4,7,9,16H,5-6,8H2. The summed E-state index contributed by atoms with van der Waals surface area (Å²) in [6, 6.07) is 6.25. The first-order valence-corrected chi connectivity index (χ1v) is 8.27. The molecule has 0 bridgehead atoms. The number of rotatable bonds is 2. The first-order valence-electron chi connectivity index (χ1n) is 6.45. The molecule has 1 aliphatic rings. The lowest BCUT2D eigenvalue weighted by Crippen LogP contribution is -2.11. The van der Waals surface area contributed by atoms with Crippen LogP contribution in [0.15, 0.2) is 38.5 Å². The van der Waals surface area contributed by atoms with Crippen LogP contribution in [0.1, 0.15) is 12.0 Å². The number of aliphatic imine (C=N–C) groups is 1. The van der Waals surface area contributed by atoms with Crippen molar-refractivity contribution in [1.29, 1.82) is 0 Å². The van der Waals surface area contributed by atoms with E-state index in [0.29, 0.717) is 17.4 Å². The number of fused-ring (bicyclic) bond motifs is 1. The Morgan fingerprint density at radius 3 is 2.81 bits per heavy atom. The zero-order chi connectivity index (χ0) is 15.0. The van der Waals surface area contributed by atoms with Crippen molar-refractivity contribution in [1.82, 2.24) is 0 Å². The van der Waals surface area contributed by atoms with E-state index >= 15 is 0 Å². The first kappa shape index (κ1) is 13.8. The molecule has 1 saturated heterocycles. The predicted molar refractivity (Wildman–Crippen MR) is 78.8 cm³/mol. The normalized spacial score (nSPS) is 21.2. The molecule has 1 atom stereocenters. The maximum absolute atomic E-state index is 11.9. The Morgan fingerprint density at radius 1 is 1.33 bits per heavy atom. The molecular formula is C14H13NO5S. The van der Waals surface area contributed by atoms with Crippen molar-refractivity contribution in [2.75, 3.05) is 11.5 Å². The van der Waals surface area contributed by atoms with Crippen molar-refractivity contribution in [3.05, 3.63) is 40.2 Å². The fraction of sp³-hybridized carbons (Fsp3) is 0.286. The highest BCUT2D eigenvalue weighted by atomic mass is 32.2. The summed E-state index contributed by atoms with van der Waals surface area (Å²) in [5.74, 6) is -0.123. The second kappa shape index (κ2) is 5.00. The zero-order valence-electron chi connectivity index (χ0n) is 11.0. The van der Waals surface area contributed by atoms with Gasteiger partial charge in [0, 0.05) is 6.21 Å². The van der Waals surface area contributed by atoms with E-state index in [2.05, 4.69) is 4.99 Å². The van der Waals surface area contributed by atoms with Gasteiger partial charge in [0.05, 0.1) is 22.9 Å². The monoisotopic (exact) mass is 307 g/mol. The number of sulfone groups is 1. The van der Waals surface area contributed by atoms with Crippen LogP contribution in [0.4, 0.5) is 0 Å². The molecule has 1 fully saturated rings. The van der Waals surface area contributed by atoms with Crippen molar-refractivity contribution in [2.24, 2.45) is 4.99 Å². The molecule has 0 radical (unpaired) electrons. The van der Waals surface area contributed by atoms with E-state index in [1.54, 1.807) is 24.3 Å². The Bertz CT molecular complexity index is 882. The quantitative estimate of drug-likeness (QED) is 0.662. The smallest absolute Gasteiger partial charge is 0.348 e. The van der Waals surface area contributed by atoms with Crippen molar-refractivity contribution in [2.45, 2.75) is 12.5 Å². The minimum absolute atomic E-state index is 0.0246. The molecule has 7 heteroatoms. The van der Waals surface area contributed by atoms with Gasteiger partial charge in [0.2, 0.25) is 0 Å². The molecular weight excluding hydrogens is 294 g/mol.